The summed E-state index contributed by atoms with van der Waals surface area (Å²) in [5, 5.41) is 6.00. The Labute approximate surface area is 187 Å². The van der Waals surface area contributed by atoms with E-state index in [1.807, 2.05) is 41.8 Å². The van der Waals surface area contributed by atoms with E-state index in [-0.39, 0.29) is 17.2 Å². The van der Waals surface area contributed by atoms with Crippen LogP contribution in [-0.4, -0.2) is 28.3 Å². The lowest BCUT2D eigenvalue weighted by molar-refractivity contribution is -0.113. The molecule has 4 aromatic rings. The number of nitrogens with zero attached hydrogens (tertiary/aromatic N) is 2. The van der Waals surface area contributed by atoms with Gasteiger partial charge in [-0.1, -0.05) is 42.1 Å². The minimum Gasteiger partial charge on any atom is -0.495 e. The van der Waals surface area contributed by atoms with Gasteiger partial charge < -0.3 is 10.1 Å². The number of methoxy groups -OCH3 is 1. The van der Waals surface area contributed by atoms with Crippen LogP contribution in [0.15, 0.2) is 76.0 Å². The molecule has 2 aromatic carbocycles. The fourth-order valence-electron chi connectivity index (χ4n) is 3.20. The molecule has 31 heavy (non-hydrogen) atoms. The first-order chi connectivity index (χ1) is 15.2. The topological polar surface area (TPSA) is 73.2 Å². The fourth-order valence-corrected chi connectivity index (χ4v) is 4.72. The first-order valence-corrected chi connectivity index (χ1v) is 11.6. The van der Waals surface area contributed by atoms with Gasteiger partial charge >= 0.3 is 0 Å². The van der Waals surface area contributed by atoms with E-state index in [0.717, 1.165) is 6.42 Å². The van der Waals surface area contributed by atoms with Gasteiger partial charge in [0.2, 0.25) is 5.91 Å². The highest BCUT2D eigenvalue weighted by Crippen LogP contribution is 2.24. The van der Waals surface area contributed by atoms with Crippen LogP contribution in [0.25, 0.3) is 10.9 Å². The first-order valence-electron chi connectivity index (χ1n) is 9.73. The standard InChI is InChI=1S/C23H21N3O3S2/c1-29-20-11-5-4-10-19(20)24-21(27)15-31-23-25-18-9-3-2-8-17(18)22(28)26(23)13-12-16-7-6-14-30-16/h2-11,14H,12-13,15H2,1H3,(H,24,27). The average molecular weight is 452 g/mol. The van der Waals surface area contributed by atoms with Crippen molar-refractivity contribution in [3.8, 4) is 5.75 Å². The van der Waals surface area contributed by atoms with E-state index >= 15 is 0 Å². The summed E-state index contributed by atoms with van der Waals surface area (Å²) in [4.78, 5) is 31.6. The molecule has 0 aliphatic rings. The first kappa shape index (κ1) is 21.1. The van der Waals surface area contributed by atoms with E-state index in [0.29, 0.717) is 34.0 Å². The summed E-state index contributed by atoms with van der Waals surface area (Å²) in [6.45, 7) is 0.508. The van der Waals surface area contributed by atoms with Crippen molar-refractivity contribution in [1.82, 2.24) is 9.55 Å². The Kier molecular flexibility index (Phi) is 6.69. The van der Waals surface area contributed by atoms with E-state index in [1.54, 1.807) is 41.2 Å². The van der Waals surface area contributed by atoms with E-state index in [4.69, 9.17) is 4.74 Å². The average Bonchev–Trinajstić information content (AvgIpc) is 3.31. The van der Waals surface area contributed by atoms with Gasteiger partial charge in [0, 0.05) is 11.4 Å². The molecule has 1 amide bonds. The lowest BCUT2D eigenvalue weighted by Crippen LogP contribution is -2.25. The van der Waals surface area contributed by atoms with Crippen LogP contribution in [0, 0.1) is 0 Å². The van der Waals surface area contributed by atoms with Crippen molar-refractivity contribution >= 4 is 45.6 Å². The molecule has 0 bridgehead atoms. The van der Waals surface area contributed by atoms with Crippen molar-refractivity contribution < 1.29 is 9.53 Å². The number of fused-ring (bicyclic) bond motifs is 1. The third-order valence-corrected chi connectivity index (χ3v) is 6.61. The lowest BCUT2D eigenvalue weighted by Gasteiger charge is -2.13. The van der Waals surface area contributed by atoms with Gasteiger partial charge in [0.1, 0.15) is 5.75 Å². The number of thiophene rings is 1. The normalized spacial score (nSPS) is 10.9. The number of thioether (sulfide) groups is 1. The number of aromatic nitrogens is 2. The van der Waals surface area contributed by atoms with E-state index in [1.165, 1.54) is 16.6 Å². The summed E-state index contributed by atoms with van der Waals surface area (Å²) in [6, 6.07) is 18.6. The number of ether oxygens (including phenoxy) is 1. The molecule has 0 saturated heterocycles. The summed E-state index contributed by atoms with van der Waals surface area (Å²) >= 11 is 2.92. The molecule has 0 atom stereocenters. The van der Waals surface area contributed by atoms with Crippen molar-refractivity contribution in [3.05, 3.63) is 81.3 Å². The summed E-state index contributed by atoms with van der Waals surface area (Å²) in [5.41, 5.74) is 1.15. The van der Waals surface area contributed by atoms with Crippen molar-refractivity contribution in [3.63, 3.8) is 0 Å². The van der Waals surface area contributed by atoms with Crippen LogP contribution < -0.4 is 15.6 Å². The van der Waals surface area contributed by atoms with E-state index in [9.17, 15) is 9.59 Å². The Balaban J connectivity index is 1.56. The van der Waals surface area contributed by atoms with Gasteiger partial charge in [-0.3, -0.25) is 14.2 Å². The van der Waals surface area contributed by atoms with Gasteiger partial charge in [-0.05, 0) is 42.1 Å². The summed E-state index contributed by atoms with van der Waals surface area (Å²) < 4.78 is 6.95. The molecule has 158 valence electrons. The Morgan fingerprint density at radius 2 is 1.94 bits per heavy atom. The number of hydrogen-bond acceptors (Lipinski definition) is 6. The number of aryl methyl sites for hydroxylation is 1. The summed E-state index contributed by atoms with van der Waals surface area (Å²) in [6.07, 6.45) is 0.735. The molecule has 2 aromatic heterocycles. The predicted molar refractivity (Wildman–Crippen MR) is 126 cm³/mol. The zero-order chi connectivity index (χ0) is 21.6. The second kappa shape index (κ2) is 9.80. The molecule has 1 N–H and O–H groups in total. The maximum atomic E-state index is 13.1. The molecule has 6 nitrogen and oxygen atoms in total. The molecule has 0 radical (unpaired) electrons. The molecule has 8 heteroatoms. The van der Waals surface area contributed by atoms with Gasteiger partial charge in [0.25, 0.3) is 5.56 Å². The molecule has 2 heterocycles. The van der Waals surface area contributed by atoms with Crippen LogP contribution in [0.3, 0.4) is 0 Å². The van der Waals surface area contributed by atoms with Gasteiger partial charge in [-0.15, -0.1) is 11.3 Å². The number of anilines is 1. The number of carbonyl (C=O) groups is 1. The number of carbonyl (C=O) groups excluding carboxylic acids is 1. The molecule has 0 saturated carbocycles. The maximum absolute atomic E-state index is 13.1. The van der Waals surface area contributed by atoms with E-state index < -0.39 is 0 Å². The molecule has 0 aliphatic carbocycles. The number of para-hydroxylation sites is 3. The largest absolute Gasteiger partial charge is 0.495 e. The van der Waals surface area contributed by atoms with Gasteiger partial charge in [-0.2, -0.15) is 0 Å². The third kappa shape index (κ3) is 4.98. The molecule has 0 fully saturated rings. The summed E-state index contributed by atoms with van der Waals surface area (Å²) in [7, 11) is 1.56. The molecule has 0 unspecified atom stereocenters. The van der Waals surface area contributed by atoms with Crippen LogP contribution >= 0.6 is 23.1 Å². The fraction of sp³-hybridized carbons (Fsp3) is 0.174. The molecular formula is C23H21N3O3S2. The molecular weight excluding hydrogens is 430 g/mol. The highest BCUT2D eigenvalue weighted by Gasteiger charge is 2.14. The smallest absolute Gasteiger partial charge is 0.262 e. The number of benzene rings is 2. The zero-order valence-electron chi connectivity index (χ0n) is 16.9. The summed E-state index contributed by atoms with van der Waals surface area (Å²) in [5.74, 6) is 0.529. The predicted octanol–water partition coefficient (Wildman–Crippen LogP) is 4.44. The molecule has 4 rings (SSSR count). The van der Waals surface area contributed by atoms with Crippen LogP contribution in [0.4, 0.5) is 5.69 Å². The van der Waals surface area contributed by atoms with Crippen molar-refractivity contribution in [1.29, 1.82) is 0 Å². The molecule has 0 spiro atoms. The maximum Gasteiger partial charge on any atom is 0.262 e. The van der Waals surface area contributed by atoms with Crippen LogP contribution in [0.5, 0.6) is 5.75 Å². The number of rotatable bonds is 8. The van der Waals surface area contributed by atoms with Gasteiger partial charge in [0.05, 0.1) is 29.5 Å². The van der Waals surface area contributed by atoms with Crippen LogP contribution in [-0.2, 0) is 17.8 Å². The van der Waals surface area contributed by atoms with Crippen molar-refractivity contribution in [2.75, 3.05) is 18.2 Å². The minimum absolute atomic E-state index is 0.0882. The Morgan fingerprint density at radius 1 is 1.13 bits per heavy atom. The zero-order valence-corrected chi connectivity index (χ0v) is 18.5. The van der Waals surface area contributed by atoms with Gasteiger partial charge in [0.15, 0.2) is 5.16 Å². The Bertz CT molecular complexity index is 1250. The highest BCUT2D eigenvalue weighted by atomic mass is 32.2. The number of hydrogen-bond donors (Lipinski definition) is 1. The Hall–Kier alpha value is -3.10. The van der Waals surface area contributed by atoms with Gasteiger partial charge in [-0.25, -0.2) is 4.98 Å². The van der Waals surface area contributed by atoms with Crippen molar-refractivity contribution in [2.24, 2.45) is 0 Å². The monoisotopic (exact) mass is 451 g/mol. The Morgan fingerprint density at radius 3 is 2.74 bits per heavy atom. The lowest BCUT2D eigenvalue weighted by atomic mass is 10.2. The quantitative estimate of drug-likeness (QED) is 0.317. The SMILES string of the molecule is COc1ccccc1NC(=O)CSc1nc2ccccc2c(=O)n1CCc1cccs1. The highest BCUT2D eigenvalue weighted by molar-refractivity contribution is 7.99. The van der Waals surface area contributed by atoms with Crippen LogP contribution in [0.2, 0.25) is 0 Å². The number of nitrogens with one attached hydrogen (secondary N) is 1. The van der Waals surface area contributed by atoms with Crippen molar-refractivity contribution in [2.45, 2.75) is 18.1 Å². The molecule has 0 aliphatic heterocycles. The number of amides is 1. The van der Waals surface area contributed by atoms with E-state index in [2.05, 4.69) is 16.4 Å². The third-order valence-electron chi connectivity index (χ3n) is 4.70. The second-order valence-electron chi connectivity index (χ2n) is 6.73. The minimum atomic E-state index is -0.193. The second-order valence-corrected chi connectivity index (χ2v) is 8.71. The van der Waals surface area contributed by atoms with Crippen LogP contribution in [0.1, 0.15) is 4.88 Å².